The van der Waals surface area contributed by atoms with Crippen LogP contribution in [0.25, 0.3) is 16.7 Å². The number of rotatable bonds is 5. The van der Waals surface area contributed by atoms with Gasteiger partial charge in [0.2, 0.25) is 5.78 Å². The van der Waals surface area contributed by atoms with Crippen LogP contribution in [0.4, 0.5) is 4.39 Å². The second-order valence-corrected chi connectivity index (χ2v) is 8.32. The first-order valence-corrected chi connectivity index (χ1v) is 10.3. The van der Waals surface area contributed by atoms with E-state index in [2.05, 4.69) is 10.2 Å². The van der Waals surface area contributed by atoms with Gasteiger partial charge in [0.1, 0.15) is 5.82 Å². The molecule has 0 spiro atoms. The van der Waals surface area contributed by atoms with Crippen molar-refractivity contribution in [3.05, 3.63) is 69.2 Å². The number of halogens is 2. The Bertz CT molecular complexity index is 1230. The number of benzene rings is 2. The minimum Gasteiger partial charge on any atom is -0.276 e. The third-order valence-corrected chi connectivity index (χ3v) is 5.74. The van der Waals surface area contributed by atoms with E-state index in [0.29, 0.717) is 39.2 Å². The Labute approximate surface area is 170 Å². The molecule has 2 heterocycles. The van der Waals surface area contributed by atoms with Crippen LogP contribution in [0.1, 0.15) is 19.4 Å². The van der Waals surface area contributed by atoms with Crippen LogP contribution in [0.2, 0.25) is 5.02 Å². The maximum atomic E-state index is 13.8. The monoisotopic (exact) mass is 416 g/mol. The molecule has 0 saturated carbocycles. The Morgan fingerprint density at radius 1 is 1.18 bits per heavy atom. The number of hydrogen-bond acceptors (Lipinski definition) is 4. The van der Waals surface area contributed by atoms with Crippen LogP contribution in [-0.4, -0.2) is 19.2 Å². The zero-order chi connectivity index (χ0) is 19.8. The summed E-state index contributed by atoms with van der Waals surface area (Å²) in [6.07, 6.45) is 0. The van der Waals surface area contributed by atoms with Crippen LogP contribution >= 0.6 is 23.4 Å². The first kappa shape index (κ1) is 19.0. The number of nitrogens with zero attached hydrogens (tertiary/aromatic N) is 4. The fourth-order valence-corrected chi connectivity index (χ4v) is 4.37. The van der Waals surface area contributed by atoms with E-state index in [1.165, 1.54) is 23.9 Å². The fourth-order valence-electron chi connectivity index (χ4n) is 3.14. The summed E-state index contributed by atoms with van der Waals surface area (Å²) in [7, 11) is 0. The summed E-state index contributed by atoms with van der Waals surface area (Å²) < 4.78 is 17.2. The van der Waals surface area contributed by atoms with E-state index in [1.807, 2.05) is 42.5 Å². The Hall–Kier alpha value is -2.38. The van der Waals surface area contributed by atoms with E-state index in [1.54, 1.807) is 10.6 Å². The molecule has 144 valence electrons. The van der Waals surface area contributed by atoms with Crippen molar-refractivity contribution in [3.63, 3.8) is 0 Å². The maximum Gasteiger partial charge on any atom is 0.262 e. The van der Waals surface area contributed by atoms with Gasteiger partial charge in [-0.15, -0.1) is 10.2 Å². The molecule has 0 amide bonds. The first-order valence-electron chi connectivity index (χ1n) is 8.89. The predicted octanol–water partition coefficient (Wildman–Crippen LogP) is 4.79. The van der Waals surface area contributed by atoms with Crippen molar-refractivity contribution < 1.29 is 4.39 Å². The molecule has 0 radical (unpaired) electrons. The Morgan fingerprint density at radius 2 is 1.96 bits per heavy atom. The molecule has 0 atom stereocenters. The molecule has 0 saturated heterocycles. The molecule has 8 heteroatoms. The SMILES string of the molecule is CC(C)Cn1c(=O)c2cc(F)ccc2n2c(SCc3ccccc3Cl)nnc12. The lowest BCUT2D eigenvalue weighted by atomic mass is 10.2. The molecule has 4 rings (SSSR count). The van der Waals surface area contributed by atoms with Gasteiger partial charge in [-0.2, -0.15) is 0 Å². The standard InChI is InChI=1S/C20H18ClFN4OS/c1-12(2)10-25-18(27)15-9-14(22)7-8-17(15)26-19(25)23-24-20(26)28-11-13-5-3-4-6-16(13)21/h3-9,12H,10-11H2,1-2H3. The zero-order valence-corrected chi connectivity index (χ0v) is 17.0. The van der Waals surface area contributed by atoms with Crippen LogP contribution in [0.15, 0.2) is 52.4 Å². The summed E-state index contributed by atoms with van der Waals surface area (Å²) in [6, 6.07) is 11.8. The van der Waals surface area contributed by atoms with Gasteiger partial charge < -0.3 is 0 Å². The molecular formula is C20H18ClFN4OS. The highest BCUT2D eigenvalue weighted by atomic mass is 35.5. The van der Waals surface area contributed by atoms with E-state index in [4.69, 9.17) is 11.6 Å². The van der Waals surface area contributed by atoms with Gasteiger partial charge in [0.25, 0.3) is 5.56 Å². The third kappa shape index (κ3) is 3.40. The van der Waals surface area contributed by atoms with Crippen molar-refractivity contribution in [1.82, 2.24) is 19.2 Å². The highest BCUT2D eigenvalue weighted by molar-refractivity contribution is 7.98. The lowest BCUT2D eigenvalue weighted by molar-refractivity contribution is 0.517. The molecule has 2 aromatic carbocycles. The highest BCUT2D eigenvalue weighted by Crippen LogP contribution is 2.27. The van der Waals surface area contributed by atoms with E-state index in [-0.39, 0.29) is 11.5 Å². The molecule has 0 aliphatic carbocycles. The molecule has 0 bridgehead atoms. The average molecular weight is 417 g/mol. The molecule has 4 aromatic rings. The fraction of sp³-hybridized carbons (Fsp3) is 0.250. The molecule has 2 aromatic heterocycles. The highest BCUT2D eigenvalue weighted by Gasteiger charge is 2.18. The van der Waals surface area contributed by atoms with Gasteiger partial charge >= 0.3 is 0 Å². The van der Waals surface area contributed by atoms with Crippen molar-refractivity contribution in [2.45, 2.75) is 31.3 Å². The third-order valence-electron chi connectivity index (χ3n) is 4.40. The van der Waals surface area contributed by atoms with Crippen molar-refractivity contribution in [1.29, 1.82) is 0 Å². The van der Waals surface area contributed by atoms with Gasteiger partial charge in [0.05, 0.1) is 10.9 Å². The van der Waals surface area contributed by atoms with Crippen molar-refractivity contribution in [3.8, 4) is 0 Å². The topological polar surface area (TPSA) is 52.2 Å². The smallest absolute Gasteiger partial charge is 0.262 e. The Morgan fingerprint density at radius 3 is 2.71 bits per heavy atom. The number of aromatic nitrogens is 4. The summed E-state index contributed by atoms with van der Waals surface area (Å²) in [5.41, 5.74) is 1.32. The molecule has 0 N–H and O–H groups in total. The number of hydrogen-bond donors (Lipinski definition) is 0. The van der Waals surface area contributed by atoms with Crippen molar-refractivity contribution >= 4 is 40.0 Å². The van der Waals surface area contributed by atoms with E-state index in [9.17, 15) is 9.18 Å². The average Bonchev–Trinajstić information content (AvgIpc) is 3.08. The summed E-state index contributed by atoms with van der Waals surface area (Å²) in [5, 5.41) is 10.2. The van der Waals surface area contributed by atoms with Gasteiger partial charge in [-0.1, -0.05) is 55.4 Å². The molecular weight excluding hydrogens is 399 g/mol. The number of thioether (sulfide) groups is 1. The molecule has 28 heavy (non-hydrogen) atoms. The minimum absolute atomic E-state index is 0.225. The first-order chi connectivity index (χ1) is 13.5. The summed E-state index contributed by atoms with van der Waals surface area (Å²) in [4.78, 5) is 13.0. The van der Waals surface area contributed by atoms with Crippen LogP contribution in [0.3, 0.4) is 0 Å². The second kappa shape index (κ2) is 7.56. The van der Waals surface area contributed by atoms with Gasteiger partial charge in [-0.3, -0.25) is 13.8 Å². The minimum atomic E-state index is -0.446. The largest absolute Gasteiger partial charge is 0.276 e. The van der Waals surface area contributed by atoms with Crippen LogP contribution in [0.5, 0.6) is 0 Å². The normalized spacial score (nSPS) is 11.8. The van der Waals surface area contributed by atoms with E-state index < -0.39 is 5.82 Å². The van der Waals surface area contributed by atoms with Crippen molar-refractivity contribution in [2.24, 2.45) is 5.92 Å². The van der Waals surface area contributed by atoms with Gasteiger partial charge in [-0.25, -0.2) is 4.39 Å². The Balaban J connectivity index is 1.89. The molecule has 0 aliphatic heterocycles. The van der Waals surface area contributed by atoms with E-state index in [0.717, 1.165) is 5.56 Å². The molecule has 0 unspecified atom stereocenters. The van der Waals surface area contributed by atoms with Crippen LogP contribution in [0, 0.1) is 11.7 Å². The summed E-state index contributed by atoms with van der Waals surface area (Å²) in [5.74, 6) is 0.841. The quantitative estimate of drug-likeness (QED) is 0.439. The van der Waals surface area contributed by atoms with E-state index >= 15 is 0 Å². The molecule has 5 nitrogen and oxygen atoms in total. The lowest BCUT2D eigenvalue weighted by Gasteiger charge is -2.13. The predicted molar refractivity (Wildman–Crippen MR) is 111 cm³/mol. The van der Waals surface area contributed by atoms with Gasteiger partial charge in [0.15, 0.2) is 5.16 Å². The summed E-state index contributed by atoms with van der Waals surface area (Å²) >= 11 is 7.73. The zero-order valence-electron chi connectivity index (χ0n) is 15.4. The molecule has 0 fully saturated rings. The number of fused-ring (bicyclic) bond motifs is 3. The molecule has 0 aliphatic rings. The summed E-state index contributed by atoms with van der Waals surface area (Å²) in [6.45, 7) is 4.51. The Kier molecular flexibility index (Phi) is 5.12. The lowest BCUT2D eigenvalue weighted by Crippen LogP contribution is -2.25. The van der Waals surface area contributed by atoms with Crippen LogP contribution < -0.4 is 5.56 Å². The van der Waals surface area contributed by atoms with Crippen molar-refractivity contribution in [2.75, 3.05) is 0 Å². The maximum absolute atomic E-state index is 13.8. The van der Waals surface area contributed by atoms with Gasteiger partial charge in [-0.05, 0) is 35.7 Å². The van der Waals surface area contributed by atoms with Gasteiger partial charge in [0, 0.05) is 17.3 Å². The second-order valence-electron chi connectivity index (χ2n) is 6.97. The van der Waals surface area contributed by atoms with Crippen LogP contribution in [-0.2, 0) is 12.3 Å².